The first kappa shape index (κ1) is 13.4. The number of hydrogen-bond acceptors (Lipinski definition) is 3. The lowest BCUT2D eigenvalue weighted by Crippen LogP contribution is -2.11. The van der Waals surface area contributed by atoms with E-state index < -0.39 is 6.67 Å². The van der Waals surface area contributed by atoms with E-state index in [0.717, 1.165) is 19.3 Å². The van der Waals surface area contributed by atoms with Crippen LogP contribution in [0.4, 0.5) is 4.39 Å². The van der Waals surface area contributed by atoms with Gasteiger partial charge in [-0.1, -0.05) is 19.8 Å². The number of hydrogen-bond donors (Lipinski definition) is 0. The second-order valence-corrected chi connectivity index (χ2v) is 2.98. The van der Waals surface area contributed by atoms with Crippen LogP contribution in [0.15, 0.2) is 0 Å². The third-order valence-electron chi connectivity index (χ3n) is 1.70. The normalized spacial score (nSPS) is 10.1. The van der Waals surface area contributed by atoms with Gasteiger partial charge in [0.1, 0.15) is 13.3 Å². The Morgan fingerprint density at radius 1 is 1.21 bits per heavy atom. The third kappa shape index (κ3) is 9.45. The minimum absolute atomic E-state index is 0.0768. The van der Waals surface area contributed by atoms with Crippen LogP contribution in [0.25, 0.3) is 0 Å². The lowest BCUT2D eigenvalue weighted by atomic mass is 10.2. The van der Waals surface area contributed by atoms with Gasteiger partial charge in [0.05, 0.1) is 13.2 Å². The molecule has 0 aromatic rings. The summed E-state index contributed by atoms with van der Waals surface area (Å²) in [4.78, 5) is 11.0. The third-order valence-corrected chi connectivity index (χ3v) is 1.70. The molecule has 0 atom stereocenters. The van der Waals surface area contributed by atoms with Gasteiger partial charge in [0, 0.05) is 6.42 Å². The number of esters is 1. The van der Waals surface area contributed by atoms with Gasteiger partial charge in [-0.2, -0.15) is 0 Å². The molecule has 0 saturated carbocycles. The monoisotopic (exact) mass is 206 g/mol. The molecule has 14 heavy (non-hydrogen) atoms. The topological polar surface area (TPSA) is 35.5 Å². The highest BCUT2D eigenvalue weighted by Gasteiger charge is 2.01. The lowest BCUT2D eigenvalue weighted by molar-refractivity contribution is -0.145. The largest absolute Gasteiger partial charge is 0.463 e. The van der Waals surface area contributed by atoms with Crippen molar-refractivity contribution < 1.29 is 18.7 Å². The van der Waals surface area contributed by atoms with Crippen molar-refractivity contribution in [2.24, 2.45) is 0 Å². The maximum absolute atomic E-state index is 11.6. The van der Waals surface area contributed by atoms with Gasteiger partial charge < -0.3 is 9.47 Å². The highest BCUT2D eigenvalue weighted by Crippen LogP contribution is 2.00. The minimum Gasteiger partial charge on any atom is -0.463 e. The summed E-state index contributed by atoms with van der Waals surface area (Å²) in [6, 6.07) is 0. The van der Waals surface area contributed by atoms with Gasteiger partial charge in [-0.05, 0) is 6.42 Å². The zero-order chi connectivity index (χ0) is 10.6. The highest BCUT2D eigenvalue weighted by atomic mass is 19.1. The van der Waals surface area contributed by atoms with Crippen molar-refractivity contribution in [3.8, 4) is 0 Å². The Kier molecular flexibility index (Phi) is 9.96. The Balaban J connectivity index is 3.10. The molecule has 0 rings (SSSR count). The van der Waals surface area contributed by atoms with Crippen LogP contribution in [0.3, 0.4) is 0 Å². The number of carbonyl (C=O) groups excluding carboxylic acids is 1. The molecule has 0 amide bonds. The van der Waals surface area contributed by atoms with Crippen molar-refractivity contribution in [3.63, 3.8) is 0 Å². The fourth-order valence-electron chi connectivity index (χ4n) is 0.963. The van der Waals surface area contributed by atoms with Gasteiger partial charge in [0.2, 0.25) is 0 Å². The molecular weight excluding hydrogens is 187 g/mol. The molecular formula is C10H19FO3. The first-order chi connectivity index (χ1) is 6.81. The van der Waals surface area contributed by atoms with Crippen molar-refractivity contribution in [2.45, 2.75) is 32.6 Å². The molecule has 0 heterocycles. The number of ether oxygens (including phenoxy) is 2. The van der Waals surface area contributed by atoms with Crippen molar-refractivity contribution in [3.05, 3.63) is 0 Å². The molecule has 0 spiro atoms. The Morgan fingerprint density at radius 3 is 2.64 bits per heavy atom. The Hall–Kier alpha value is -0.640. The number of halogens is 1. The van der Waals surface area contributed by atoms with Crippen molar-refractivity contribution in [1.29, 1.82) is 0 Å². The molecule has 84 valence electrons. The van der Waals surface area contributed by atoms with Gasteiger partial charge in [-0.25, -0.2) is 4.39 Å². The van der Waals surface area contributed by atoms with Crippen molar-refractivity contribution in [2.75, 3.05) is 26.5 Å². The molecule has 0 aromatic carbocycles. The summed E-state index contributed by atoms with van der Waals surface area (Å²) < 4.78 is 21.2. The van der Waals surface area contributed by atoms with Crippen molar-refractivity contribution in [1.82, 2.24) is 0 Å². The molecule has 0 N–H and O–H groups in total. The summed E-state index contributed by atoms with van der Waals surface area (Å²) in [5.74, 6) is -0.192. The maximum atomic E-state index is 11.6. The van der Waals surface area contributed by atoms with Crippen LogP contribution in [-0.2, 0) is 14.3 Å². The Bertz CT molecular complexity index is 139. The standard InChI is InChI=1S/C10H19FO3/c1-2-3-4-5-10(12)14-9-8-13-7-6-11/h2-9H2,1H3. The number of unbranched alkanes of at least 4 members (excludes halogenated alkanes) is 2. The van der Waals surface area contributed by atoms with E-state index in [9.17, 15) is 9.18 Å². The Morgan fingerprint density at radius 2 is 2.00 bits per heavy atom. The molecule has 0 aliphatic heterocycles. The molecule has 0 radical (unpaired) electrons. The quantitative estimate of drug-likeness (QED) is 0.428. The first-order valence-corrected chi connectivity index (χ1v) is 5.10. The van der Waals surface area contributed by atoms with Gasteiger partial charge >= 0.3 is 5.97 Å². The molecule has 0 aliphatic carbocycles. The second-order valence-electron chi connectivity index (χ2n) is 2.98. The zero-order valence-corrected chi connectivity index (χ0v) is 8.76. The van der Waals surface area contributed by atoms with Crippen molar-refractivity contribution >= 4 is 5.97 Å². The summed E-state index contributed by atoms with van der Waals surface area (Å²) >= 11 is 0. The fraction of sp³-hybridized carbons (Fsp3) is 0.900. The molecule has 0 unspecified atom stereocenters. The summed E-state index contributed by atoms with van der Waals surface area (Å²) in [6.45, 7) is 2.17. The first-order valence-electron chi connectivity index (χ1n) is 5.10. The Labute approximate surface area is 84.6 Å². The summed E-state index contributed by atoms with van der Waals surface area (Å²) in [6.07, 6.45) is 3.48. The summed E-state index contributed by atoms with van der Waals surface area (Å²) in [7, 11) is 0. The molecule has 0 saturated heterocycles. The van der Waals surface area contributed by atoms with Crippen LogP contribution in [0.1, 0.15) is 32.6 Å². The maximum Gasteiger partial charge on any atom is 0.305 e. The predicted molar refractivity (Wildman–Crippen MR) is 51.9 cm³/mol. The minimum atomic E-state index is -0.496. The van der Waals surface area contributed by atoms with Gasteiger partial charge in [0.25, 0.3) is 0 Å². The van der Waals surface area contributed by atoms with E-state index in [1.54, 1.807) is 0 Å². The molecule has 0 aromatic heterocycles. The number of rotatable bonds is 9. The van der Waals surface area contributed by atoms with E-state index in [1.807, 2.05) is 0 Å². The average molecular weight is 206 g/mol. The number of carbonyl (C=O) groups is 1. The van der Waals surface area contributed by atoms with Crippen LogP contribution in [0.2, 0.25) is 0 Å². The van der Waals surface area contributed by atoms with Gasteiger partial charge in [-0.15, -0.1) is 0 Å². The van der Waals surface area contributed by atoms with Crippen LogP contribution < -0.4 is 0 Å². The van der Waals surface area contributed by atoms with E-state index >= 15 is 0 Å². The number of alkyl halides is 1. The van der Waals surface area contributed by atoms with E-state index in [0.29, 0.717) is 6.42 Å². The van der Waals surface area contributed by atoms with E-state index in [2.05, 4.69) is 6.92 Å². The van der Waals surface area contributed by atoms with Crippen LogP contribution in [0, 0.1) is 0 Å². The summed E-state index contributed by atoms with van der Waals surface area (Å²) in [5.41, 5.74) is 0. The molecule has 3 nitrogen and oxygen atoms in total. The average Bonchev–Trinajstić information content (AvgIpc) is 2.18. The van der Waals surface area contributed by atoms with Gasteiger partial charge in [0.15, 0.2) is 0 Å². The van der Waals surface area contributed by atoms with Crippen LogP contribution in [-0.4, -0.2) is 32.5 Å². The van der Waals surface area contributed by atoms with Crippen LogP contribution >= 0.6 is 0 Å². The SMILES string of the molecule is CCCCCC(=O)OCCOCCF. The smallest absolute Gasteiger partial charge is 0.305 e. The second kappa shape index (κ2) is 10.4. The highest BCUT2D eigenvalue weighted by molar-refractivity contribution is 5.69. The molecule has 0 bridgehead atoms. The zero-order valence-electron chi connectivity index (χ0n) is 8.76. The lowest BCUT2D eigenvalue weighted by Gasteiger charge is -2.04. The van der Waals surface area contributed by atoms with E-state index in [4.69, 9.17) is 9.47 Å². The molecule has 0 fully saturated rings. The fourth-order valence-corrected chi connectivity index (χ4v) is 0.963. The summed E-state index contributed by atoms with van der Waals surface area (Å²) in [5, 5.41) is 0. The molecule has 0 aliphatic rings. The van der Waals surface area contributed by atoms with Gasteiger partial charge in [-0.3, -0.25) is 4.79 Å². The molecule has 4 heteroatoms. The van der Waals surface area contributed by atoms with E-state index in [1.165, 1.54) is 0 Å². The predicted octanol–water partition coefficient (Wildman–Crippen LogP) is 2.10. The van der Waals surface area contributed by atoms with Crippen LogP contribution in [0.5, 0.6) is 0 Å². The van der Waals surface area contributed by atoms with E-state index in [-0.39, 0.29) is 25.8 Å².